The molecule has 2 rings (SSSR count). The summed E-state index contributed by atoms with van der Waals surface area (Å²) in [6.07, 6.45) is 2.52. The quantitative estimate of drug-likeness (QED) is 0.816. The van der Waals surface area contributed by atoms with Gasteiger partial charge in [0.15, 0.2) is 0 Å². The fraction of sp³-hybridized carbons (Fsp3) is 0.571. The van der Waals surface area contributed by atoms with Gasteiger partial charge < -0.3 is 15.4 Å². The van der Waals surface area contributed by atoms with E-state index in [0.717, 1.165) is 0 Å². The highest BCUT2D eigenvalue weighted by Gasteiger charge is 2.47. The molecule has 0 bridgehead atoms. The predicted octanol–water partition coefficient (Wildman–Crippen LogP) is 1.88. The molecule has 1 saturated carbocycles. The standard InChI is InChI=1S/C14H22N2O/c1-16(13-6-4-3-5-7-13)14(10-15,11-17-2)12-8-9-12/h3-7,12H,8-11,15H2,1-2H3. The number of methoxy groups -OCH3 is 1. The van der Waals surface area contributed by atoms with E-state index in [4.69, 9.17) is 10.5 Å². The van der Waals surface area contributed by atoms with E-state index in [1.54, 1.807) is 7.11 Å². The predicted molar refractivity (Wildman–Crippen MR) is 71.2 cm³/mol. The van der Waals surface area contributed by atoms with Crippen molar-refractivity contribution in [3.05, 3.63) is 30.3 Å². The highest BCUT2D eigenvalue weighted by atomic mass is 16.5. The van der Waals surface area contributed by atoms with Gasteiger partial charge in [-0.1, -0.05) is 18.2 Å². The van der Waals surface area contributed by atoms with Gasteiger partial charge in [0.2, 0.25) is 0 Å². The van der Waals surface area contributed by atoms with Crippen LogP contribution in [0.1, 0.15) is 12.8 Å². The third-order valence-electron chi connectivity index (χ3n) is 3.90. The summed E-state index contributed by atoms with van der Waals surface area (Å²) < 4.78 is 5.42. The van der Waals surface area contributed by atoms with Gasteiger partial charge in [0.25, 0.3) is 0 Å². The molecule has 1 aromatic carbocycles. The fourth-order valence-electron chi connectivity index (χ4n) is 2.63. The molecule has 3 heteroatoms. The first-order valence-electron chi connectivity index (χ1n) is 6.22. The van der Waals surface area contributed by atoms with Crippen molar-refractivity contribution in [2.24, 2.45) is 11.7 Å². The van der Waals surface area contributed by atoms with Gasteiger partial charge in [-0.15, -0.1) is 0 Å². The van der Waals surface area contributed by atoms with Gasteiger partial charge in [-0.25, -0.2) is 0 Å². The number of hydrogen-bond acceptors (Lipinski definition) is 3. The zero-order valence-corrected chi connectivity index (χ0v) is 10.7. The summed E-state index contributed by atoms with van der Waals surface area (Å²) in [4.78, 5) is 2.30. The number of ether oxygens (including phenoxy) is 1. The molecule has 0 spiro atoms. The van der Waals surface area contributed by atoms with Crippen molar-refractivity contribution in [3.63, 3.8) is 0 Å². The molecule has 0 aliphatic heterocycles. The van der Waals surface area contributed by atoms with Gasteiger partial charge in [0.1, 0.15) is 0 Å². The second-order valence-corrected chi connectivity index (χ2v) is 4.91. The molecule has 0 radical (unpaired) electrons. The Morgan fingerprint density at radius 1 is 1.35 bits per heavy atom. The summed E-state index contributed by atoms with van der Waals surface area (Å²) >= 11 is 0. The molecule has 2 N–H and O–H groups in total. The Balaban J connectivity index is 2.26. The minimum Gasteiger partial charge on any atom is -0.382 e. The van der Waals surface area contributed by atoms with Crippen LogP contribution in [0.3, 0.4) is 0 Å². The maximum atomic E-state index is 6.05. The summed E-state index contributed by atoms with van der Waals surface area (Å²) in [5.74, 6) is 0.664. The summed E-state index contributed by atoms with van der Waals surface area (Å²) in [5, 5.41) is 0. The van der Waals surface area contributed by atoms with Crippen molar-refractivity contribution in [2.75, 3.05) is 32.2 Å². The van der Waals surface area contributed by atoms with E-state index in [1.807, 2.05) is 6.07 Å². The van der Waals surface area contributed by atoms with Crippen LogP contribution >= 0.6 is 0 Å². The normalized spacial score (nSPS) is 18.8. The Kier molecular flexibility index (Phi) is 3.69. The smallest absolute Gasteiger partial charge is 0.0781 e. The number of hydrogen-bond donors (Lipinski definition) is 1. The van der Waals surface area contributed by atoms with Gasteiger partial charge in [-0.05, 0) is 30.9 Å². The Hall–Kier alpha value is -1.06. The van der Waals surface area contributed by atoms with Crippen LogP contribution < -0.4 is 10.6 Å². The minimum atomic E-state index is -0.0455. The fourth-order valence-corrected chi connectivity index (χ4v) is 2.63. The van der Waals surface area contributed by atoms with E-state index in [1.165, 1.54) is 18.5 Å². The molecule has 1 aromatic rings. The maximum Gasteiger partial charge on any atom is 0.0781 e. The molecule has 0 saturated heterocycles. The van der Waals surface area contributed by atoms with Crippen LogP contribution in [-0.4, -0.2) is 32.8 Å². The van der Waals surface area contributed by atoms with Crippen LogP contribution in [0.15, 0.2) is 30.3 Å². The van der Waals surface area contributed by atoms with Gasteiger partial charge in [0.05, 0.1) is 12.1 Å². The molecule has 17 heavy (non-hydrogen) atoms. The lowest BCUT2D eigenvalue weighted by Gasteiger charge is -2.42. The Morgan fingerprint density at radius 2 is 2.00 bits per heavy atom. The molecule has 3 nitrogen and oxygen atoms in total. The molecule has 1 unspecified atom stereocenters. The first-order chi connectivity index (χ1) is 8.24. The molecule has 1 atom stereocenters. The zero-order valence-electron chi connectivity index (χ0n) is 10.7. The molecule has 0 amide bonds. The third kappa shape index (κ3) is 2.31. The van der Waals surface area contributed by atoms with E-state index in [-0.39, 0.29) is 5.54 Å². The second-order valence-electron chi connectivity index (χ2n) is 4.91. The molecule has 0 aromatic heterocycles. The van der Waals surface area contributed by atoms with Crippen LogP contribution in [0.25, 0.3) is 0 Å². The molecule has 0 heterocycles. The van der Waals surface area contributed by atoms with Crippen LogP contribution in [0.2, 0.25) is 0 Å². The lowest BCUT2D eigenvalue weighted by molar-refractivity contribution is 0.120. The zero-order chi connectivity index (χ0) is 12.3. The SMILES string of the molecule is COCC(CN)(C1CC1)N(C)c1ccccc1. The summed E-state index contributed by atoms with van der Waals surface area (Å²) in [7, 11) is 3.88. The molecule has 1 aliphatic rings. The lowest BCUT2D eigenvalue weighted by atomic mass is 9.91. The van der Waals surface area contributed by atoms with Crippen molar-refractivity contribution in [1.29, 1.82) is 0 Å². The van der Waals surface area contributed by atoms with Crippen LogP contribution in [0.4, 0.5) is 5.69 Å². The summed E-state index contributed by atoms with van der Waals surface area (Å²) in [5.41, 5.74) is 7.22. The number of benzene rings is 1. The van der Waals surface area contributed by atoms with Gasteiger partial charge in [-0.2, -0.15) is 0 Å². The maximum absolute atomic E-state index is 6.05. The number of rotatable bonds is 6. The number of para-hydroxylation sites is 1. The molecule has 1 fully saturated rings. The Bertz CT molecular complexity index is 350. The molecular weight excluding hydrogens is 212 g/mol. The molecular formula is C14H22N2O. The Labute approximate surface area is 104 Å². The van der Waals surface area contributed by atoms with Crippen LogP contribution in [0, 0.1) is 5.92 Å². The van der Waals surface area contributed by atoms with Crippen molar-refractivity contribution in [2.45, 2.75) is 18.4 Å². The second kappa shape index (κ2) is 5.07. The minimum absolute atomic E-state index is 0.0455. The molecule has 94 valence electrons. The van der Waals surface area contributed by atoms with E-state index < -0.39 is 0 Å². The Morgan fingerprint density at radius 3 is 2.47 bits per heavy atom. The van der Waals surface area contributed by atoms with Crippen molar-refractivity contribution < 1.29 is 4.74 Å². The number of nitrogens with two attached hydrogens (primary N) is 1. The van der Waals surface area contributed by atoms with Crippen LogP contribution in [0.5, 0.6) is 0 Å². The van der Waals surface area contributed by atoms with E-state index in [2.05, 4.69) is 36.2 Å². The van der Waals surface area contributed by atoms with Gasteiger partial charge in [-0.3, -0.25) is 0 Å². The average Bonchev–Trinajstić information content (AvgIpc) is 3.21. The highest BCUT2D eigenvalue weighted by Crippen LogP contribution is 2.43. The number of likely N-dealkylation sites (N-methyl/N-ethyl adjacent to an activating group) is 1. The largest absolute Gasteiger partial charge is 0.382 e. The number of anilines is 1. The monoisotopic (exact) mass is 234 g/mol. The summed E-state index contributed by atoms with van der Waals surface area (Å²) in [6, 6.07) is 10.4. The highest BCUT2D eigenvalue weighted by molar-refractivity contribution is 5.49. The van der Waals surface area contributed by atoms with Gasteiger partial charge >= 0.3 is 0 Å². The topological polar surface area (TPSA) is 38.5 Å². The van der Waals surface area contributed by atoms with Crippen molar-refractivity contribution in [1.82, 2.24) is 0 Å². The van der Waals surface area contributed by atoms with Gasteiger partial charge in [0, 0.05) is 26.4 Å². The van der Waals surface area contributed by atoms with E-state index in [9.17, 15) is 0 Å². The number of nitrogens with zero attached hydrogens (tertiary/aromatic N) is 1. The van der Waals surface area contributed by atoms with Crippen molar-refractivity contribution >= 4 is 5.69 Å². The van der Waals surface area contributed by atoms with E-state index in [0.29, 0.717) is 19.1 Å². The first kappa shape index (κ1) is 12.4. The third-order valence-corrected chi connectivity index (χ3v) is 3.90. The van der Waals surface area contributed by atoms with Crippen LogP contribution in [-0.2, 0) is 4.74 Å². The lowest BCUT2D eigenvalue weighted by Crippen LogP contribution is -2.57. The first-order valence-corrected chi connectivity index (χ1v) is 6.22. The summed E-state index contributed by atoms with van der Waals surface area (Å²) in [6.45, 7) is 1.33. The molecule has 1 aliphatic carbocycles. The van der Waals surface area contributed by atoms with Crippen molar-refractivity contribution in [3.8, 4) is 0 Å². The van der Waals surface area contributed by atoms with E-state index >= 15 is 0 Å². The average molecular weight is 234 g/mol.